The molecule has 2 aliphatic carbocycles. The number of aryl methyl sites for hydroxylation is 1. The van der Waals surface area contributed by atoms with Gasteiger partial charge < -0.3 is 15.2 Å². The predicted octanol–water partition coefficient (Wildman–Crippen LogP) is 3.76. The Morgan fingerprint density at radius 1 is 1.06 bits per heavy atom. The van der Waals surface area contributed by atoms with Gasteiger partial charge in [-0.05, 0) is 41.5 Å². The highest BCUT2D eigenvalue weighted by atomic mass is 16.5. The second-order valence-corrected chi connectivity index (χ2v) is 9.03. The molecule has 3 aromatic rings. The molecule has 35 heavy (non-hydrogen) atoms. The first kappa shape index (κ1) is 22.6. The Bertz CT molecular complexity index is 1250. The van der Waals surface area contributed by atoms with Crippen LogP contribution < -0.4 is 10.6 Å². The molecule has 2 aromatic carbocycles. The highest BCUT2D eigenvalue weighted by Gasteiger charge is 2.32. The molecule has 9 heteroatoms. The van der Waals surface area contributed by atoms with E-state index in [0.717, 1.165) is 22.3 Å². The zero-order valence-electron chi connectivity index (χ0n) is 19.2. The summed E-state index contributed by atoms with van der Waals surface area (Å²) in [4.78, 5) is 36.7. The molecule has 2 unspecified atom stereocenters. The molecule has 0 saturated heterocycles. The zero-order valence-corrected chi connectivity index (χ0v) is 19.2. The molecule has 1 saturated carbocycles. The summed E-state index contributed by atoms with van der Waals surface area (Å²) in [5.41, 5.74) is 4.79. The highest BCUT2D eigenvalue weighted by molar-refractivity contribution is 6.01. The van der Waals surface area contributed by atoms with E-state index in [2.05, 4.69) is 27.9 Å². The van der Waals surface area contributed by atoms with Crippen molar-refractivity contribution in [2.75, 3.05) is 11.9 Å². The quantitative estimate of drug-likeness (QED) is 0.500. The predicted molar refractivity (Wildman–Crippen MR) is 128 cm³/mol. The average Bonchev–Trinajstić information content (AvgIpc) is 3.54. The zero-order chi connectivity index (χ0) is 24.5. The summed E-state index contributed by atoms with van der Waals surface area (Å²) in [5.74, 6) is -1.84. The van der Waals surface area contributed by atoms with Crippen LogP contribution in [-0.4, -0.2) is 45.5 Å². The molecule has 5 rings (SSSR count). The fourth-order valence-corrected chi connectivity index (χ4v) is 5.08. The lowest BCUT2D eigenvalue weighted by Crippen LogP contribution is -2.34. The molecule has 0 spiro atoms. The van der Waals surface area contributed by atoms with Crippen molar-refractivity contribution < 1.29 is 24.2 Å². The lowest BCUT2D eigenvalue weighted by atomic mass is 9.98. The Hall–Kier alpha value is -4.14. The normalized spacial score (nSPS) is 18.5. The summed E-state index contributed by atoms with van der Waals surface area (Å²) >= 11 is 0. The van der Waals surface area contributed by atoms with E-state index >= 15 is 0 Å². The van der Waals surface area contributed by atoms with Crippen LogP contribution in [-0.2, 0) is 16.6 Å². The number of ether oxygens (including phenoxy) is 1. The summed E-state index contributed by atoms with van der Waals surface area (Å²) in [6.45, 7) is 0.153. The minimum absolute atomic E-state index is 0.0554. The second kappa shape index (κ2) is 9.25. The molecule has 2 aliphatic rings. The van der Waals surface area contributed by atoms with Gasteiger partial charge in [-0.2, -0.15) is 5.10 Å². The van der Waals surface area contributed by atoms with E-state index in [9.17, 15) is 19.5 Å². The van der Waals surface area contributed by atoms with E-state index in [4.69, 9.17) is 4.74 Å². The first-order valence-corrected chi connectivity index (χ1v) is 11.6. The molecule has 0 aliphatic heterocycles. The van der Waals surface area contributed by atoms with Gasteiger partial charge in [0.25, 0.3) is 5.91 Å². The Balaban J connectivity index is 1.24. The number of carbonyl (C=O) groups is 3. The van der Waals surface area contributed by atoms with Crippen molar-refractivity contribution in [1.29, 1.82) is 0 Å². The van der Waals surface area contributed by atoms with Crippen molar-refractivity contribution in [2.45, 2.75) is 31.2 Å². The number of carboxylic acid groups (broad SMARTS) is 1. The summed E-state index contributed by atoms with van der Waals surface area (Å²) in [6, 6.07) is 15.9. The third-order valence-corrected chi connectivity index (χ3v) is 6.74. The molecule has 2 amide bonds. The van der Waals surface area contributed by atoms with Crippen molar-refractivity contribution >= 4 is 23.7 Å². The molecule has 1 aromatic heterocycles. The number of anilines is 1. The van der Waals surface area contributed by atoms with Gasteiger partial charge in [-0.1, -0.05) is 48.5 Å². The molecule has 1 fully saturated rings. The number of benzene rings is 2. The molecule has 180 valence electrons. The maximum atomic E-state index is 12.8. The number of hydrogen-bond acceptors (Lipinski definition) is 5. The summed E-state index contributed by atoms with van der Waals surface area (Å²) in [5, 5.41) is 18.8. The van der Waals surface area contributed by atoms with Gasteiger partial charge in [0.1, 0.15) is 6.61 Å². The topological polar surface area (TPSA) is 123 Å². The van der Waals surface area contributed by atoms with E-state index in [1.165, 1.54) is 10.9 Å². The fourth-order valence-electron chi connectivity index (χ4n) is 5.08. The maximum Gasteiger partial charge on any atom is 0.411 e. The second-order valence-electron chi connectivity index (χ2n) is 9.03. The van der Waals surface area contributed by atoms with Crippen LogP contribution in [0.2, 0.25) is 0 Å². The molecular formula is C26H26N4O5. The van der Waals surface area contributed by atoms with Gasteiger partial charge >= 0.3 is 12.1 Å². The largest absolute Gasteiger partial charge is 0.481 e. The number of hydrogen-bond donors (Lipinski definition) is 3. The average molecular weight is 475 g/mol. The number of fused-ring (bicyclic) bond motifs is 3. The lowest BCUT2D eigenvalue weighted by molar-refractivity contribution is -0.141. The van der Waals surface area contributed by atoms with E-state index < -0.39 is 23.9 Å². The smallest absolute Gasteiger partial charge is 0.411 e. The number of aromatic nitrogens is 2. The number of carbonyl (C=O) groups excluding carboxylic acids is 2. The van der Waals surface area contributed by atoms with Crippen LogP contribution in [0.3, 0.4) is 0 Å². The summed E-state index contributed by atoms with van der Waals surface area (Å²) in [7, 11) is 1.65. The SMILES string of the molecule is Cn1cc(NC(=O)OCC2c3ccccc3-c3ccccc32)c(C(=O)NC2CCC(C(=O)O)C2)n1. The third-order valence-electron chi connectivity index (χ3n) is 6.74. The number of amides is 2. The van der Waals surface area contributed by atoms with Gasteiger partial charge in [-0.3, -0.25) is 19.6 Å². The van der Waals surface area contributed by atoms with Crippen molar-refractivity contribution in [3.05, 3.63) is 71.5 Å². The highest BCUT2D eigenvalue weighted by Crippen LogP contribution is 2.44. The van der Waals surface area contributed by atoms with Crippen LogP contribution in [0, 0.1) is 5.92 Å². The molecule has 9 nitrogen and oxygen atoms in total. The molecule has 0 bridgehead atoms. The Morgan fingerprint density at radius 2 is 1.71 bits per heavy atom. The first-order valence-electron chi connectivity index (χ1n) is 11.6. The fraction of sp³-hybridized carbons (Fsp3) is 0.308. The summed E-state index contributed by atoms with van der Waals surface area (Å²) < 4.78 is 7.01. The number of aliphatic carboxylic acids is 1. The number of carboxylic acids is 1. The number of nitrogens with one attached hydrogen (secondary N) is 2. The lowest BCUT2D eigenvalue weighted by Gasteiger charge is -2.15. The van der Waals surface area contributed by atoms with E-state index in [1.54, 1.807) is 7.05 Å². The number of rotatable bonds is 6. The molecule has 0 radical (unpaired) electrons. The Kier molecular flexibility index (Phi) is 5.98. The molecule has 3 N–H and O–H groups in total. The minimum Gasteiger partial charge on any atom is -0.481 e. The van der Waals surface area contributed by atoms with Crippen LogP contribution >= 0.6 is 0 Å². The monoisotopic (exact) mass is 474 g/mol. The number of nitrogens with zero attached hydrogens (tertiary/aromatic N) is 2. The van der Waals surface area contributed by atoms with Crippen molar-refractivity contribution in [3.8, 4) is 11.1 Å². The Morgan fingerprint density at radius 3 is 2.34 bits per heavy atom. The molecule has 1 heterocycles. The van der Waals surface area contributed by atoms with Crippen LogP contribution in [0.15, 0.2) is 54.7 Å². The van der Waals surface area contributed by atoms with Gasteiger partial charge in [0.2, 0.25) is 0 Å². The van der Waals surface area contributed by atoms with E-state index in [-0.39, 0.29) is 29.9 Å². The summed E-state index contributed by atoms with van der Waals surface area (Å²) in [6.07, 6.45) is 2.34. The first-order chi connectivity index (χ1) is 16.9. The van der Waals surface area contributed by atoms with Gasteiger partial charge in [-0.15, -0.1) is 0 Å². The van der Waals surface area contributed by atoms with Crippen LogP contribution in [0.1, 0.15) is 46.8 Å². The van der Waals surface area contributed by atoms with Crippen LogP contribution in [0.5, 0.6) is 0 Å². The maximum absolute atomic E-state index is 12.8. The standard InChI is InChI=1S/C26H26N4O5/c1-30-13-22(23(29-30)24(31)27-16-11-10-15(12-16)25(32)33)28-26(34)35-14-21-19-8-4-2-6-17(19)18-7-3-5-9-20(18)21/h2-9,13,15-16,21H,10-12,14H2,1H3,(H,27,31)(H,28,34)(H,32,33). The van der Waals surface area contributed by atoms with Crippen molar-refractivity contribution in [1.82, 2.24) is 15.1 Å². The van der Waals surface area contributed by atoms with Crippen molar-refractivity contribution in [2.24, 2.45) is 13.0 Å². The van der Waals surface area contributed by atoms with Gasteiger partial charge in [0.05, 0.1) is 11.6 Å². The van der Waals surface area contributed by atoms with E-state index in [1.807, 2.05) is 36.4 Å². The van der Waals surface area contributed by atoms with Crippen molar-refractivity contribution in [3.63, 3.8) is 0 Å². The minimum atomic E-state index is -0.850. The third kappa shape index (κ3) is 4.49. The van der Waals surface area contributed by atoms with Gasteiger partial charge in [-0.25, -0.2) is 4.79 Å². The van der Waals surface area contributed by atoms with E-state index in [0.29, 0.717) is 19.3 Å². The molecule has 2 atom stereocenters. The van der Waals surface area contributed by atoms with Crippen LogP contribution in [0.4, 0.5) is 10.5 Å². The van der Waals surface area contributed by atoms with Crippen LogP contribution in [0.25, 0.3) is 11.1 Å². The van der Waals surface area contributed by atoms with Gasteiger partial charge in [0.15, 0.2) is 5.69 Å². The molecular weight excluding hydrogens is 448 g/mol. The van der Waals surface area contributed by atoms with Gasteiger partial charge in [0, 0.05) is 25.2 Å². The Labute approximate surface area is 202 Å².